The number of amides is 1. The lowest BCUT2D eigenvalue weighted by atomic mass is 10.1. The van der Waals surface area contributed by atoms with Crippen LogP contribution in [0.1, 0.15) is 41.1 Å². The number of rotatable bonds is 4. The number of carbonyl (C=O) groups is 1. The molecule has 126 valence electrons. The number of anilines is 1. The van der Waals surface area contributed by atoms with Gasteiger partial charge in [0.25, 0.3) is 0 Å². The number of carbonyl (C=O) groups excluding carboxylic acids is 1. The maximum Gasteiger partial charge on any atom is 0.235 e. The average Bonchev–Trinajstić information content (AvgIpc) is 2.95. The number of hydrogen-bond acceptors (Lipinski definition) is 6. The highest BCUT2D eigenvalue weighted by molar-refractivity contribution is 7.99. The maximum atomic E-state index is 12.3. The van der Waals surface area contributed by atoms with E-state index in [1.807, 2.05) is 18.5 Å². The molecule has 3 rings (SSSR count). The predicted molar refractivity (Wildman–Crippen MR) is 95.4 cm³/mol. The van der Waals surface area contributed by atoms with Crippen LogP contribution in [0.15, 0.2) is 5.16 Å². The predicted octanol–water partition coefficient (Wildman–Crippen LogP) is 3.06. The van der Waals surface area contributed by atoms with E-state index in [9.17, 15) is 10.1 Å². The van der Waals surface area contributed by atoms with Crippen LogP contribution < -0.4 is 5.32 Å². The summed E-state index contributed by atoms with van der Waals surface area (Å²) in [5, 5.41) is 21.8. The summed E-state index contributed by atoms with van der Waals surface area (Å²) in [4.78, 5) is 13.5. The van der Waals surface area contributed by atoms with Gasteiger partial charge in [0, 0.05) is 11.9 Å². The zero-order valence-electron chi connectivity index (χ0n) is 13.8. The van der Waals surface area contributed by atoms with Gasteiger partial charge in [0.05, 0.1) is 11.3 Å². The first-order valence-electron chi connectivity index (χ1n) is 7.93. The molecule has 0 aromatic carbocycles. The van der Waals surface area contributed by atoms with Crippen molar-refractivity contribution in [2.75, 3.05) is 11.1 Å². The van der Waals surface area contributed by atoms with Crippen molar-refractivity contribution in [3.63, 3.8) is 0 Å². The topological polar surface area (TPSA) is 83.6 Å². The number of hydrogen-bond donors (Lipinski definition) is 1. The first-order chi connectivity index (χ1) is 11.6. The van der Waals surface area contributed by atoms with Crippen molar-refractivity contribution in [3.8, 4) is 6.07 Å². The van der Waals surface area contributed by atoms with Gasteiger partial charge in [-0.1, -0.05) is 18.2 Å². The van der Waals surface area contributed by atoms with Crippen molar-refractivity contribution >= 4 is 34.0 Å². The SMILES string of the molecule is Cc1nnc(SCC(=O)Nc2sc3c(c2C#N)CCCCC3)n1C. The largest absolute Gasteiger partial charge is 0.316 e. The van der Waals surface area contributed by atoms with Gasteiger partial charge in [0.2, 0.25) is 5.91 Å². The van der Waals surface area contributed by atoms with Gasteiger partial charge in [-0.15, -0.1) is 21.5 Å². The van der Waals surface area contributed by atoms with Crippen molar-refractivity contribution < 1.29 is 4.79 Å². The third kappa shape index (κ3) is 3.47. The molecule has 2 aromatic heterocycles. The lowest BCUT2D eigenvalue weighted by Crippen LogP contribution is -2.14. The Kier molecular flexibility index (Phi) is 5.21. The van der Waals surface area contributed by atoms with E-state index in [4.69, 9.17) is 0 Å². The van der Waals surface area contributed by atoms with E-state index in [1.54, 1.807) is 11.3 Å². The monoisotopic (exact) mass is 361 g/mol. The van der Waals surface area contributed by atoms with E-state index in [0.29, 0.717) is 15.7 Å². The molecule has 0 atom stereocenters. The van der Waals surface area contributed by atoms with Crippen LogP contribution in [-0.4, -0.2) is 26.4 Å². The molecule has 0 radical (unpaired) electrons. The number of aromatic nitrogens is 3. The zero-order valence-corrected chi connectivity index (χ0v) is 15.4. The molecule has 24 heavy (non-hydrogen) atoms. The van der Waals surface area contributed by atoms with E-state index >= 15 is 0 Å². The fourth-order valence-electron chi connectivity index (χ4n) is 2.76. The first kappa shape index (κ1) is 17.0. The van der Waals surface area contributed by atoms with Crippen LogP contribution in [0.2, 0.25) is 0 Å². The van der Waals surface area contributed by atoms with Gasteiger partial charge in [0.1, 0.15) is 16.9 Å². The Hall–Kier alpha value is -1.85. The van der Waals surface area contributed by atoms with Gasteiger partial charge in [-0.25, -0.2) is 0 Å². The smallest absolute Gasteiger partial charge is 0.235 e. The summed E-state index contributed by atoms with van der Waals surface area (Å²) in [7, 11) is 1.87. The number of fused-ring (bicyclic) bond motifs is 1. The lowest BCUT2D eigenvalue weighted by molar-refractivity contribution is -0.113. The molecule has 8 heteroatoms. The fraction of sp³-hybridized carbons (Fsp3) is 0.500. The normalized spacial score (nSPS) is 13.9. The van der Waals surface area contributed by atoms with Crippen molar-refractivity contribution in [2.24, 2.45) is 7.05 Å². The molecule has 0 spiro atoms. The average molecular weight is 361 g/mol. The minimum absolute atomic E-state index is 0.117. The van der Waals surface area contributed by atoms with Crippen molar-refractivity contribution in [1.82, 2.24) is 14.8 Å². The second-order valence-corrected chi connectivity index (χ2v) is 7.85. The van der Waals surface area contributed by atoms with E-state index in [-0.39, 0.29) is 11.7 Å². The van der Waals surface area contributed by atoms with Crippen LogP contribution >= 0.6 is 23.1 Å². The molecule has 1 N–H and O–H groups in total. The van der Waals surface area contributed by atoms with Gasteiger partial charge in [-0.2, -0.15) is 5.26 Å². The van der Waals surface area contributed by atoms with E-state index in [0.717, 1.165) is 37.1 Å². The molecule has 0 unspecified atom stereocenters. The van der Waals surface area contributed by atoms with E-state index < -0.39 is 0 Å². The summed E-state index contributed by atoms with van der Waals surface area (Å²) in [5.74, 6) is 0.944. The Morgan fingerprint density at radius 3 is 2.88 bits per heavy atom. The molecule has 1 amide bonds. The maximum absolute atomic E-state index is 12.3. The summed E-state index contributed by atoms with van der Waals surface area (Å²) < 4.78 is 1.85. The number of thioether (sulfide) groups is 1. The highest BCUT2D eigenvalue weighted by Gasteiger charge is 2.21. The van der Waals surface area contributed by atoms with Crippen LogP contribution in [0.4, 0.5) is 5.00 Å². The molecule has 0 aliphatic heterocycles. The zero-order chi connectivity index (χ0) is 17.1. The van der Waals surface area contributed by atoms with Gasteiger partial charge in [0.15, 0.2) is 5.16 Å². The molecule has 0 fully saturated rings. The number of nitrogens with zero attached hydrogens (tertiary/aromatic N) is 4. The van der Waals surface area contributed by atoms with Crippen LogP contribution in [0, 0.1) is 18.3 Å². The first-order valence-corrected chi connectivity index (χ1v) is 9.73. The van der Waals surface area contributed by atoms with Crippen molar-refractivity contribution in [2.45, 2.75) is 44.2 Å². The Bertz CT molecular complexity index is 802. The molecule has 0 saturated heterocycles. The second kappa shape index (κ2) is 7.36. The Balaban J connectivity index is 1.68. The van der Waals surface area contributed by atoms with Crippen molar-refractivity contribution in [3.05, 3.63) is 21.8 Å². The number of thiophene rings is 1. The van der Waals surface area contributed by atoms with E-state index in [1.165, 1.54) is 23.1 Å². The van der Waals surface area contributed by atoms with Crippen LogP contribution in [0.25, 0.3) is 0 Å². The van der Waals surface area contributed by atoms with Gasteiger partial charge in [-0.3, -0.25) is 4.79 Å². The molecular weight excluding hydrogens is 342 g/mol. The summed E-state index contributed by atoms with van der Waals surface area (Å²) in [5.41, 5.74) is 1.80. The highest BCUT2D eigenvalue weighted by Crippen LogP contribution is 2.37. The van der Waals surface area contributed by atoms with Gasteiger partial charge < -0.3 is 9.88 Å². The quantitative estimate of drug-likeness (QED) is 0.668. The van der Waals surface area contributed by atoms with E-state index in [2.05, 4.69) is 21.6 Å². The molecule has 2 heterocycles. The summed E-state index contributed by atoms with van der Waals surface area (Å²) >= 11 is 2.91. The number of nitrogens with one attached hydrogen (secondary N) is 1. The second-order valence-electron chi connectivity index (χ2n) is 5.81. The van der Waals surface area contributed by atoms with Crippen LogP contribution in [0.5, 0.6) is 0 Å². The summed E-state index contributed by atoms with van der Waals surface area (Å²) in [6.07, 6.45) is 5.44. The van der Waals surface area contributed by atoms with Crippen LogP contribution in [-0.2, 0) is 24.7 Å². The summed E-state index contributed by atoms with van der Waals surface area (Å²) in [6.45, 7) is 1.87. The molecule has 0 saturated carbocycles. The van der Waals surface area contributed by atoms with Gasteiger partial charge >= 0.3 is 0 Å². The standard InChI is InChI=1S/C16H19N5OS2/c1-10-19-20-16(21(10)2)23-9-14(22)18-15-12(8-17)11-6-4-3-5-7-13(11)24-15/h3-7,9H2,1-2H3,(H,18,22). The fourth-order valence-corrected chi connectivity index (χ4v) is 4.77. The molecule has 1 aliphatic rings. The minimum atomic E-state index is -0.117. The third-order valence-corrected chi connectivity index (χ3v) is 6.40. The molecule has 2 aromatic rings. The summed E-state index contributed by atoms with van der Waals surface area (Å²) in [6, 6.07) is 2.29. The molecular formula is C16H19N5OS2. The Morgan fingerprint density at radius 2 is 2.17 bits per heavy atom. The molecule has 6 nitrogen and oxygen atoms in total. The Labute approximate surface area is 149 Å². The highest BCUT2D eigenvalue weighted by atomic mass is 32.2. The molecule has 0 bridgehead atoms. The minimum Gasteiger partial charge on any atom is -0.316 e. The lowest BCUT2D eigenvalue weighted by Gasteiger charge is -2.04. The van der Waals surface area contributed by atoms with Crippen molar-refractivity contribution in [1.29, 1.82) is 5.26 Å². The van der Waals surface area contributed by atoms with Crippen LogP contribution in [0.3, 0.4) is 0 Å². The molecule has 1 aliphatic carbocycles. The third-order valence-electron chi connectivity index (χ3n) is 4.17. The Morgan fingerprint density at radius 1 is 1.38 bits per heavy atom. The number of nitriles is 1. The van der Waals surface area contributed by atoms with Gasteiger partial charge in [-0.05, 0) is 38.2 Å². The number of aryl methyl sites for hydroxylation is 2.